The van der Waals surface area contributed by atoms with E-state index in [-0.39, 0.29) is 17.8 Å². The molecule has 1 N–H and O–H groups in total. The molecule has 1 aliphatic heterocycles. The first-order valence-corrected chi connectivity index (χ1v) is 9.20. The Kier molecular flexibility index (Phi) is 6.08. The highest BCUT2D eigenvalue weighted by molar-refractivity contribution is 8.15. The Morgan fingerprint density at radius 3 is 2.59 bits per heavy atom. The van der Waals surface area contributed by atoms with Crippen molar-refractivity contribution in [1.29, 1.82) is 0 Å². The van der Waals surface area contributed by atoms with Gasteiger partial charge in [0.05, 0.1) is 10.9 Å². The Labute approximate surface area is 160 Å². The minimum Gasteiger partial charge on any atom is -0.489 e. The van der Waals surface area contributed by atoms with Gasteiger partial charge in [-0.25, -0.2) is 0 Å². The Balaban J connectivity index is 1.59. The molecule has 1 saturated heterocycles. The van der Waals surface area contributed by atoms with Crippen LogP contribution >= 0.6 is 11.8 Å². The highest BCUT2D eigenvalue weighted by atomic mass is 32.2. The molecule has 2 amide bonds. The summed E-state index contributed by atoms with van der Waals surface area (Å²) in [7, 11) is 0. The fraction of sp³-hybridized carbons (Fsp3) is 0.263. The Hall–Kier alpha value is -2.87. The van der Waals surface area contributed by atoms with Crippen LogP contribution in [-0.2, 0) is 20.7 Å². The second-order valence-corrected chi connectivity index (χ2v) is 7.07. The number of nitrogens with zero attached hydrogens (tertiary/aromatic N) is 1. The zero-order chi connectivity index (χ0) is 19.2. The van der Waals surface area contributed by atoms with Crippen molar-refractivity contribution < 1.29 is 23.9 Å². The maximum Gasteiger partial charge on any atom is 0.303 e. The maximum atomic E-state index is 11.6. The zero-order valence-electron chi connectivity index (χ0n) is 14.6. The number of benzene rings is 1. The van der Waals surface area contributed by atoms with Crippen LogP contribution < -0.4 is 10.1 Å². The third-order valence-corrected chi connectivity index (χ3v) is 4.82. The van der Waals surface area contributed by atoms with Crippen molar-refractivity contribution in [3.63, 3.8) is 0 Å². The molecule has 2 aromatic rings. The van der Waals surface area contributed by atoms with Gasteiger partial charge in [-0.1, -0.05) is 30.0 Å². The summed E-state index contributed by atoms with van der Waals surface area (Å²) < 4.78 is 11.0. The largest absolute Gasteiger partial charge is 0.489 e. The summed E-state index contributed by atoms with van der Waals surface area (Å²) in [6.07, 6.45) is 1.49. The summed E-state index contributed by atoms with van der Waals surface area (Å²) in [6.45, 7) is 1.47. The number of esters is 1. The number of ether oxygens (including phenoxy) is 2. The lowest BCUT2D eigenvalue weighted by Crippen LogP contribution is -2.25. The fourth-order valence-corrected chi connectivity index (χ4v) is 3.44. The van der Waals surface area contributed by atoms with E-state index in [0.29, 0.717) is 17.9 Å². The van der Waals surface area contributed by atoms with Gasteiger partial charge in [-0.05, 0) is 36.2 Å². The molecule has 3 rings (SSSR count). The lowest BCUT2D eigenvalue weighted by molar-refractivity contribution is -0.148. The lowest BCUT2D eigenvalue weighted by Gasteiger charge is -2.17. The summed E-state index contributed by atoms with van der Waals surface area (Å²) in [4.78, 5) is 38.4. The molecule has 2 unspecified atom stereocenters. The van der Waals surface area contributed by atoms with Gasteiger partial charge in [0.25, 0.3) is 5.24 Å². The van der Waals surface area contributed by atoms with Gasteiger partial charge in [0.2, 0.25) is 5.91 Å². The molecular formula is C19H18N2O5S. The van der Waals surface area contributed by atoms with Crippen LogP contribution in [0.5, 0.6) is 5.75 Å². The molecule has 1 aromatic heterocycles. The third-order valence-electron chi connectivity index (χ3n) is 3.84. The fourth-order valence-electron chi connectivity index (χ4n) is 2.58. The molecule has 27 heavy (non-hydrogen) atoms. The van der Waals surface area contributed by atoms with Crippen LogP contribution in [0.3, 0.4) is 0 Å². The number of pyridine rings is 1. The number of carbonyl (C=O) groups is 3. The van der Waals surface area contributed by atoms with Crippen molar-refractivity contribution in [1.82, 2.24) is 10.3 Å². The molecule has 7 nitrogen and oxygen atoms in total. The van der Waals surface area contributed by atoms with E-state index in [9.17, 15) is 14.4 Å². The monoisotopic (exact) mass is 386 g/mol. The van der Waals surface area contributed by atoms with E-state index in [1.165, 1.54) is 6.92 Å². The zero-order valence-corrected chi connectivity index (χ0v) is 15.4. The molecule has 1 aliphatic rings. The first kappa shape index (κ1) is 18.9. The number of nitrogens with one attached hydrogen (secondary N) is 1. The van der Waals surface area contributed by atoms with Crippen molar-refractivity contribution in [2.45, 2.75) is 24.7 Å². The molecule has 1 aromatic carbocycles. The van der Waals surface area contributed by atoms with Gasteiger partial charge in [-0.15, -0.1) is 0 Å². The van der Waals surface area contributed by atoms with Gasteiger partial charge in [0, 0.05) is 13.1 Å². The molecule has 0 aliphatic carbocycles. The molecule has 0 spiro atoms. The predicted molar refractivity (Wildman–Crippen MR) is 99.3 cm³/mol. The Morgan fingerprint density at radius 2 is 2.00 bits per heavy atom. The average Bonchev–Trinajstić information content (AvgIpc) is 2.97. The summed E-state index contributed by atoms with van der Waals surface area (Å²) in [5.41, 5.74) is 1.53. The molecule has 0 bridgehead atoms. The van der Waals surface area contributed by atoms with Crippen molar-refractivity contribution in [2.24, 2.45) is 0 Å². The highest BCUT2D eigenvalue weighted by Gasteiger charge is 2.31. The lowest BCUT2D eigenvalue weighted by atomic mass is 10.1. The summed E-state index contributed by atoms with van der Waals surface area (Å²) in [5, 5.41) is 1.56. The van der Waals surface area contributed by atoms with Crippen LogP contribution in [0.25, 0.3) is 0 Å². The van der Waals surface area contributed by atoms with E-state index in [4.69, 9.17) is 9.47 Å². The predicted octanol–water partition coefficient (Wildman–Crippen LogP) is 2.66. The topological polar surface area (TPSA) is 94.6 Å². The van der Waals surface area contributed by atoms with Crippen LogP contribution in [0.2, 0.25) is 0 Å². The van der Waals surface area contributed by atoms with Crippen molar-refractivity contribution in [2.75, 3.05) is 6.61 Å². The Bertz CT molecular complexity index is 826. The van der Waals surface area contributed by atoms with Crippen LogP contribution in [0.15, 0.2) is 48.7 Å². The molecule has 8 heteroatoms. The van der Waals surface area contributed by atoms with E-state index >= 15 is 0 Å². The number of carbonyl (C=O) groups excluding carboxylic acids is 3. The number of imide groups is 1. The number of aromatic nitrogens is 1. The van der Waals surface area contributed by atoms with Gasteiger partial charge in [0.15, 0.2) is 6.10 Å². The standard InChI is InChI=1S/C19H18N2O5S/c1-12(22)26-16(15-4-2-3-9-20-15)11-25-14-7-5-13(6-8-14)10-17-18(23)21-19(24)27-17/h2-9,16-17H,10-11H2,1H3,(H,21,23,24). The second kappa shape index (κ2) is 8.68. The van der Waals surface area contributed by atoms with Crippen LogP contribution in [0.4, 0.5) is 4.79 Å². The second-order valence-electron chi connectivity index (χ2n) is 5.89. The smallest absolute Gasteiger partial charge is 0.303 e. The molecular weight excluding hydrogens is 368 g/mol. The molecule has 0 radical (unpaired) electrons. The first-order valence-electron chi connectivity index (χ1n) is 8.32. The van der Waals surface area contributed by atoms with Crippen LogP contribution in [0, 0.1) is 0 Å². The van der Waals surface area contributed by atoms with Gasteiger partial charge >= 0.3 is 5.97 Å². The van der Waals surface area contributed by atoms with Gasteiger partial charge < -0.3 is 9.47 Å². The van der Waals surface area contributed by atoms with Gasteiger partial charge in [-0.2, -0.15) is 0 Å². The van der Waals surface area contributed by atoms with Crippen LogP contribution in [0.1, 0.15) is 24.3 Å². The number of amides is 2. The van der Waals surface area contributed by atoms with Crippen molar-refractivity contribution >= 4 is 28.9 Å². The average molecular weight is 386 g/mol. The minimum atomic E-state index is -0.604. The summed E-state index contributed by atoms with van der Waals surface area (Å²) in [6, 6.07) is 12.6. The van der Waals surface area contributed by atoms with Crippen LogP contribution in [-0.4, -0.2) is 34.0 Å². The number of hydrogen-bond acceptors (Lipinski definition) is 7. The molecule has 2 heterocycles. The molecule has 2 atom stereocenters. The third kappa shape index (κ3) is 5.30. The van der Waals surface area contributed by atoms with Crippen molar-refractivity contribution in [3.05, 3.63) is 59.9 Å². The molecule has 140 valence electrons. The van der Waals surface area contributed by atoms with E-state index in [1.54, 1.807) is 30.5 Å². The van der Waals surface area contributed by atoms with Crippen molar-refractivity contribution in [3.8, 4) is 5.75 Å². The minimum absolute atomic E-state index is 0.130. The molecule has 0 saturated carbocycles. The van der Waals surface area contributed by atoms with E-state index in [2.05, 4.69) is 10.3 Å². The first-order chi connectivity index (χ1) is 13.0. The van der Waals surface area contributed by atoms with E-state index in [0.717, 1.165) is 17.3 Å². The van der Waals surface area contributed by atoms with Gasteiger partial charge in [0.1, 0.15) is 12.4 Å². The highest BCUT2D eigenvalue weighted by Crippen LogP contribution is 2.24. The van der Waals surface area contributed by atoms with E-state index < -0.39 is 17.3 Å². The SMILES string of the molecule is CC(=O)OC(COc1ccc(CC2SC(=O)NC2=O)cc1)c1ccccn1. The normalized spacial score (nSPS) is 17.3. The van der Waals surface area contributed by atoms with E-state index in [1.807, 2.05) is 18.2 Å². The van der Waals surface area contributed by atoms with Gasteiger partial charge in [-0.3, -0.25) is 24.7 Å². The number of thioether (sulfide) groups is 1. The summed E-state index contributed by atoms with van der Waals surface area (Å²) in [5.74, 6) is -0.0668. The number of hydrogen-bond donors (Lipinski definition) is 1. The summed E-state index contributed by atoms with van der Waals surface area (Å²) >= 11 is 1.00. The quantitative estimate of drug-likeness (QED) is 0.731. The number of rotatable bonds is 7. The maximum absolute atomic E-state index is 11.6. The Morgan fingerprint density at radius 1 is 1.22 bits per heavy atom. The molecule has 1 fully saturated rings.